The maximum Gasteiger partial charge on any atom is 0.304 e. The number of hydrogen-bond acceptors (Lipinski definition) is 4. The lowest BCUT2D eigenvalue weighted by atomic mass is 10.3. The Kier molecular flexibility index (Phi) is 6.73. The highest BCUT2D eigenvalue weighted by atomic mass is 32.2. The van der Waals surface area contributed by atoms with Crippen molar-refractivity contribution in [2.75, 3.05) is 24.1 Å². The Balaban J connectivity index is 2.83. The zero-order valence-corrected chi connectivity index (χ0v) is 13.3. The van der Waals surface area contributed by atoms with Crippen LogP contribution in [0, 0.1) is 0 Å². The minimum Gasteiger partial charge on any atom is -0.481 e. The molecule has 1 aromatic carbocycles. The molecule has 1 aromatic rings. The highest BCUT2D eigenvalue weighted by molar-refractivity contribution is 7.99. The monoisotopic (exact) mass is 330 g/mol. The number of carboxylic acid groups (broad SMARTS) is 1. The summed E-state index contributed by atoms with van der Waals surface area (Å²) in [7, 11) is -2.44. The van der Waals surface area contributed by atoms with Gasteiger partial charge in [-0.2, -0.15) is 12.7 Å². The lowest BCUT2D eigenvalue weighted by Gasteiger charge is -2.18. The van der Waals surface area contributed by atoms with Gasteiger partial charge in [-0.1, -0.05) is 18.2 Å². The molecule has 0 unspecified atom stereocenters. The number of anilines is 1. The SMILES string of the molecule is C=CCSc1ccccc1NS(=O)(=O)N(C)CCC(=O)O. The van der Waals surface area contributed by atoms with Gasteiger partial charge in [0.15, 0.2) is 0 Å². The molecule has 0 saturated carbocycles. The third kappa shape index (κ3) is 5.78. The Morgan fingerprint density at radius 3 is 2.76 bits per heavy atom. The van der Waals surface area contributed by atoms with Gasteiger partial charge in [0.25, 0.3) is 0 Å². The molecule has 0 aromatic heterocycles. The number of nitrogens with zero attached hydrogens (tertiary/aromatic N) is 1. The van der Waals surface area contributed by atoms with Gasteiger partial charge < -0.3 is 5.11 Å². The maximum atomic E-state index is 12.1. The van der Waals surface area contributed by atoms with E-state index >= 15 is 0 Å². The van der Waals surface area contributed by atoms with E-state index in [-0.39, 0.29) is 13.0 Å². The van der Waals surface area contributed by atoms with E-state index in [1.54, 1.807) is 18.2 Å². The van der Waals surface area contributed by atoms with Crippen molar-refractivity contribution in [3.8, 4) is 0 Å². The van der Waals surface area contributed by atoms with Crippen molar-refractivity contribution in [2.24, 2.45) is 0 Å². The van der Waals surface area contributed by atoms with Crippen LogP contribution >= 0.6 is 11.8 Å². The number of nitrogens with one attached hydrogen (secondary N) is 1. The second-order valence-corrected chi connectivity index (χ2v) is 7.01. The average molecular weight is 330 g/mol. The Bertz CT molecular complexity index is 602. The summed E-state index contributed by atoms with van der Waals surface area (Å²) in [6, 6.07) is 7.02. The predicted octanol–water partition coefficient (Wildman–Crippen LogP) is 2.03. The molecule has 0 atom stereocenters. The van der Waals surface area contributed by atoms with Gasteiger partial charge in [-0.05, 0) is 12.1 Å². The van der Waals surface area contributed by atoms with E-state index in [0.29, 0.717) is 11.4 Å². The molecule has 0 bridgehead atoms. The molecule has 0 radical (unpaired) electrons. The third-order valence-electron chi connectivity index (χ3n) is 2.53. The summed E-state index contributed by atoms with van der Waals surface area (Å²) in [5, 5.41) is 8.60. The number of carboxylic acids is 1. The van der Waals surface area contributed by atoms with Crippen LogP contribution in [0.5, 0.6) is 0 Å². The van der Waals surface area contributed by atoms with E-state index in [1.165, 1.54) is 18.8 Å². The van der Waals surface area contributed by atoms with Crippen molar-refractivity contribution < 1.29 is 18.3 Å². The summed E-state index contributed by atoms with van der Waals surface area (Å²) >= 11 is 1.46. The molecule has 21 heavy (non-hydrogen) atoms. The predicted molar refractivity (Wildman–Crippen MR) is 84.8 cm³/mol. The zero-order valence-electron chi connectivity index (χ0n) is 11.7. The quantitative estimate of drug-likeness (QED) is 0.534. The molecule has 0 spiro atoms. The molecule has 0 fully saturated rings. The minimum absolute atomic E-state index is 0.0906. The van der Waals surface area contributed by atoms with Crippen LogP contribution in [0.2, 0.25) is 0 Å². The lowest BCUT2D eigenvalue weighted by molar-refractivity contribution is -0.137. The number of para-hydroxylation sites is 1. The summed E-state index contributed by atoms with van der Waals surface area (Å²) in [4.78, 5) is 11.3. The van der Waals surface area contributed by atoms with Crippen molar-refractivity contribution in [2.45, 2.75) is 11.3 Å². The van der Waals surface area contributed by atoms with Crippen LogP contribution in [0.1, 0.15) is 6.42 Å². The maximum absolute atomic E-state index is 12.1. The van der Waals surface area contributed by atoms with E-state index in [2.05, 4.69) is 11.3 Å². The van der Waals surface area contributed by atoms with Gasteiger partial charge in [0.1, 0.15) is 0 Å². The smallest absolute Gasteiger partial charge is 0.304 e. The highest BCUT2D eigenvalue weighted by Gasteiger charge is 2.19. The summed E-state index contributed by atoms with van der Waals surface area (Å²) in [5.74, 6) is -0.382. The van der Waals surface area contributed by atoms with Crippen molar-refractivity contribution in [1.29, 1.82) is 0 Å². The van der Waals surface area contributed by atoms with E-state index < -0.39 is 16.2 Å². The first-order chi connectivity index (χ1) is 9.86. The molecule has 6 nitrogen and oxygen atoms in total. The number of hydrogen-bond donors (Lipinski definition) is 2. The average Bonchev–Trinajstić information content (AvgIpc) is 2.43. The Labute approximate surface area is 129 Å². The Hall–Kier alpha value is -1.51. The van der Waals surface area contributed by atoms with Crippen LogP contribution < -0.4 is 4.72 Å². The molecular formula is C13H18N2O4S2. The van der Waals surface area contributed by atoms with E-state index in [9.17, 15) is 13.2 Å². The van der Waals surface area contributed by atoms with Crippen molar-refractivity contribution >= 4 is 33.6 Å². The molecular weight excluding hydrogens is 312 g/mol. The molecule has 0 heterocycles. The Morgan fingerprint density at radius 2 is 2.14 bits per heavy atom. The molecule has 0 aliphatic carbocycles. The fourth-order valence-corrected chi connectivity index (χ4v) is 3.17. The minimum atomic E-state index is -3.78. The summed E-state index contributed by atoms with van der Waals surface area (Å²) in [5.41, 5.74) is 0.464. The van der Waals surface area contributed by atoms with E-state index in [1.807, 2.05) is 12.1 Å². The van der Waals surface area contributed by atoms with E-state index in [0.717, 1.165) is 9.20 Å². The van der Waals surface area contributed by atoms with Crippen molar-refractivity contribution in [3.63, 3.8) is 0 Å². The first kappa shape index (κ1) is 17.5. The van der Waals surface area contributed by atoms with Gasteiger partial charge in [0, 0.05) is 24.2 Å². The van der Waals surface area contributed by atoms with Crippen LogP contribution in [0.15, 0.2) is 41.8 Å². The molecule has 1 rings (SSSR count). The summed E-state index contributed by atoms with van der Waals surface area (Å²) in [6.07, 6.45) is 1.49. The highest BCUT2D eigenvalue weighted by Crippen LogP contribution is 2.28. The number of carbonyl (C=O) groups is 1. The normalized spacial score (nSPS) is 11.3. The summed E-state index contributed by atoms with van der Waals surface area (Å²) in [6.45, 7) is 3.54. The number of aliphatic carboxylic acids is 1. The van der Waals surface area contributed by atoms with Crippen molar-refractivity contribution in [1.82, 2.24) is 4.31 Å². The third-order valence-corrected chi connectivity index (χ3v) is 5.08. The van der Waals surface area contributed by atoms with Gasteiger partial charge in [-0.15, -0.1) is 18.3 Å². The van der Waals surface area contributed by atoms with E-state index in [4.69, 9.17) is 5.11 Å². The topological polar surface area (TPSA) is 86.7 Å². The number of thioether (sulfide) groups is 1. The molecule has 0 aliphatic rings. The number of benzene rings is 1. The van der Waals surface area contributed by atoms with Gasteiger partial charge in [0.2, 0.25) is 0 Å². The fourth-order valence-electron chi connectivity index (χ4n) is 1.42. The largest absolute Gasteiger partial charge is 0.481 e. The van der Waals surface area contributed by atoms with Crippen LogP contribution in [0.4, 0.5) is 5.69 Å². The van der Waals surface area contributed by atoms with Crippen LogP contribution in [0.25, 0.3) is 0 Å². The number of rotatable bonds is 9. The van der Waals surface area contributed by atoms with Crippen LogP contribution in [-0.2, 0) is 15.0 Å². The Morgan fingerprint density at radius 1 is 1.48 bits per heavy atom. The van der Waals surface area contributed by atoms with Crippen LogP contribution in [-0.4, -0.2) is 43.1 Å². The standard InChI is InChI=1S/C13H18N2O4S2/c1-3-10-20-12-7-5-4-6-11(12)14-21(18,19)15(2)9-8-13(16)17/h3-7,14H,1,8-10H2,2H3,(H,16,17). The van der Waals surface area contributed by atoms with Crippen molar-refractivity contribution in [3.05, 3.63) is 36.9 Å². The first-order valence-electron chi connectivity index (χ1n) is 6.15. The fraction of sp³-hybridized carbons (Fsp3) is 0.308. The van der Waals surface area contributed by atoms with Gasteiger partial charge in [-0.25, -0.2) is 0 Å². The molecule has 0 amide bonds. The molecule has 116 valence electrons. The molecule has 2 N–H and O–H groups in total. The zero-order chi connectivity index (χ0) is 15.9. The van der Waals surface area contributed by atoms with Gasteiger partial charge in [0.05, 0.1) is 12.1 Å². The van der Waals surface area contributed by atoms with Gasteiger partial charge in [-0.3, -0.25) is 9.52 Å². The summed E-state index contributed by atoms with van der Waals surface area (Å²) < 4.78 is 27.7. The lowest BCUT2D eigenvalue weighted by Crippen LogP contribution is -2.34. The molecule has 8 heteroatoms. The molecule has 0 aliphatic heterocycles. The first-order valence-corrected chi connectivity index (χ1v) is 8.58. The van der Waals surface area contributed by atoms with Gasteiger partial charge >= 0.3 is 16.2 Å². The van der Waals surface area contributed by atoms with Crippen LogP contribution in [0.3, 0.4) is 0 Å². The second kappa shape index (κ2) is 8.06. The molecule has 0 saturated heterocycles. The second-order valence-electron chi connectivity index (χ2n) is 4.17.